The van der Waals surface area contributed by atoms with E-state index in [0.717, 1.165) is 25.1 Å². The molecule has 0 saturated carbocycles. The Morgan fingerprint density at radius 2 is 1.73 bits per heavy atom. The number of carbonyl (C=O) groups excluding carboxylic acids is 1. The van der Waals surface area contributed by atoms with Gasteiger partial charge in [0.25, 0.3) is 10.0 Å². The van der Waals surface area contributed by atoms with Crippen LogP contribution in [0.15, 0.2) is 78.1 Å². The highest BCUT2D eigenvalue weighted by Gasteiger charge is 2.20. The second-order valence-electron chi connectivity index (χ2n) is 9.39. The first-order chi connectivity index (χ1) is 19.2. The van der Waals surface area contributed by atoms with E-state index in [1.807, 2.05) is 12.1 Å². The zero-order valence-electron chi connectivity index (χ0n) is 21.9. The normalized spacial score (nSPS) is 13.3. The van der Waals surface area contributed by atoms with E-state index >= 15 is 0 Å². The number of anilines is 2. The lowest BCUT2D eigenvalue weighted by atomic mass is 10.0. The fourth-order valence-corrected chi connectivity index (χ4v) is 6.19. The molecule has 9 nitrogen and oxygen atoms in total. The summed E-state index contributed by atoms with van der Waals surface area (Å²) in [7, 11) is -3.79. The predicted octanol–water partition coefficient (Wildman–Crippen LogP) is 1.76. The summed E-state index contributed by atoms with van der Waals surface area (Å²) in [4.78, 5) is 21.1. The van der Waals surface area contributed by atoms with Gasteiger partial charge in [0.2, 0.25) is 0 Å². The summed E-state index contributed by atoms with van der Waals surface area (Å²) in [5.74, 6) is 0. The van der Waals surface area contributed by atoms with Gasteiger partial charge in [-0.15, -0.1) is 0 Å². The predicted molar refractivity (Wildman–Crippen MR) is 156 cm³/mol. The van der Waals surface area contributed by atoms with Gasteiger partial charge in [-0.05, 0) is 54.4 Å². The number of nitrogens with two attached hydrogens (primary N) is 1. The third kappa shape index (κ3) is 7.09. The number of halogens is 3. The van der Waals surface area contributed by atoms with E-state index in [1.54, 1.807) is 43.7 Å². The molecule has 2 heterocycles. The summed E-state index contributed by atoms with van der Waals surface area (Å²) >= 11 is 13.0. The van der Waals surface area contributed by atoms with Crippen molar-refractivity contribution in [2.24, 2.45) is 0 Å². The number of hydrogen-bond acceptors (Lipinski definition) is 5. The van der Waals surface area contributed by atoms with Crippen LogP contribution in [0.3, 0.4) is 0 Å². The zero-order chi connectivity index (χ0) is 28.3. The largest absolute Gasteiger partial charge is 1.00 e. The van der Waals surface area contributed by atoms with Crippen LogP contribution in [0, 0.1) is 0 Å². The first-order valence-corrected chi connectivity index (χ1v) is 14.8. The maximum absolute atomic E-state index is 12.9. The quantitative estimate of drug-likeness (QED) is 0.247. The van der Waals surface area contributed by atoms with Gasteiger partial charge in [0.1, 0.15) is 6.54 Å². The molecule has 5 N–H and O–H groups in total. The summed E-state index contributed by atoms with van der Waals surface area (Å²) in [6.45, 7) is 3.67. The van der Waals surface area contributed by atoms with Crippen molar-refractivity contribution in [3.63, 3.8) is 0 Å². The summed E-state index contributed by atoms with van der Waals surface area (Å²) in [6, 6.07) is 14.2. The Morgan fingerprint density at radius 1 is 0.976 bits per heavy atom. The second kappa shape index (κ2) is 13.1. The molecule has 0 fully saturated rings. The van der Waals surface area contributed by atoms with Crippen LogP contribution in [0.5, 0.6) is 0 Å². The van der Waals surface area contributed by atoms with Crippen molar-refractivity contribution < 1.29 is 30.9 Å². The monoisotopic (exact) mass is 632 g/mol. The van der Waals surface area contributed by atoms with Crippen molar-refractivity contribution in [2.75, 3.05) is 16.6 Å². The van der Waals surface area contributed by atoms with Crippen molar-refractivity contribution in [2.45, 2.75) is 30.8 Å². The van der Waals surface area contributed by atoms with Crippen LogP contribution in [0.4, 0.5) is 16.2 Å². The molecule has 13 heteroatoms. The highest BCUT2D eigenvalue weighted by Crippen LogP contribution is 2.37. The first kappa shape index (κ1) is 30.5. The van der Waals surface area contributed by atoms with E-state index in [-0.39, 0.29) is 17.3 Å². The van der Waals surface area contributed by atoms with Gasteiger partial charge < -0.3 is 28.4 Å². The number of aromatic nitrogens is 2. The van der Waals surface area contributed by atoms with Gasteiger partial charge in [-0.1, -0.05) is 41.4 Å². The third-order valence-electron chi connectivity index (χ3n) is 6.63. The van der Waals surface area contributed by atoms with Crippen LogP contribution >= 0.6 is 23.2 Å². The van der Waals surface area contributed by atoms with Crippen LogP contribution in [0.1, 0.15) is 29.7 Å². The Morgan fingerprint density at radius 3 is 2.46 bits per heavy atom. The molecule has 0 unspecified atom stereocenters. The van der Waals surface area contributed by atoms with E-state index in [9.17, 15) is 13.2 Å². The van der Waals surface area contributed by atoms with Crippen LogP contribution in [-0.2, 0) is 23.0 Å². The molecule has 1 aliphatic rings. The van der Waals surface area contributed by atoms with E-state index in [2.05, 4.69) is 30.6 Å². The van der Waals surface area contributed by atoms with Gasteiger partial charge >= 0.3 is 6.03 Å². The molecule has 1 aliphatic heterocycles. The minimum absolute atomic E-state index is 0. The van der Waals surface area contributed by atoms with Crippen molar-refractivity contribution in [1.29, 1.82) is 0 Å². The molecule has 214 valence electrons. The van der Waals surface area contributed by atoms with Crippen LogP contribution < -0.4 is 33.1 Å². The minimum Gasteiger partial charge on any atom is -1.00 e. The molecule has 2 amide bonds. The van der Waals surface area contributed by atoms with Crippen LogP contribution in [-0.4, -0.2) is 31.0 Å². The third-order valence-corrected chi connectivity index (χ3v) is 8.92. The number of amides is 2. The standard InChI is InChI=1S/C28H26Cl2N6O3S.ClH/c1-17(23-8-9-24(27(30)26(23)29)25-16-32-12-13-33-25)34-28(37)35-20-4-6-22(7-5-20)40(38,39)36-21-3-2-19-15-31-11-10-18(19)14-21;/h2-9,12-14,16-17,31,36H,10-11,15H2,1H3,(H2,34,35,37);1H/t17-;/m0./s1. The fourth-order valence-electron chi connectivity index (χ4n) is 4.54. The lowest BCUT2D eigenvalue weighted by Crippen LogP contribution is -3.00. The molecule has 0 radical (unpaired) electrons. The van der Waals surface area contributed by atoms with Crippen molar-refractivity contribution in [3.05, 3.63) is 99.9 Å². The Bertz CT molecular complexity index is 1660. The molecular weight excluding hydrogens is 607 g/mol. The van der Waals surface area contributed by atoms with Crippen molar-refractivity contribution in [3.8, 4) is 11.3 Å². The molecule has 0 spiro atoms. The topological polar surface area (TPSA) is 130 Å². The molecule has 3 aromatic carbocycles. The average Bonchev–Trinajstić information content (AvgIpc) is 2.95. The Labute approximate surface area is 254 Å². The average molecular weight is 634 g/mol. The number of benzene rings is 3. The maximum atomic E-state index is 12.9. The lowest BCUT2D eigenvalue weighted by molar-refractivity contribution is -0.673. The number of hydrogen-bond donors (Lipinski definition) is 4. The molecule has 0 aliphatic carbocycles. The SMILES string of the molecule is C[C@H](NC(=O)Nc1ccc(S(=O)(=O)Nc2ccc3c(c2)CC[NH2+]C3)cc1)c1ccc(-c2cnccn2)c(Cl)c1Cl.[Cl-]. The molecule has 0 saturated heterocycles. The number of fused-ring (bicyclic) bond motifs is 1. The number of nitrogens with zero attached hydrogens (tertiary/aromatic N) is 2. The minimum atomic E-state index is -3.79. The fraction of sp³-hybridized carbons (Fsp3) is 0.179. The number of sulfonamides is 1. The Kier molecular flexibility index (Phi) is 9.72. The number of carbonyl (C=O) groups is 1. The summed E-state index contributed by atoms with van der Waals surface area (Å²) in [5.41, 5.74) is 5.18. The van der Waals surface area contributed by atoms with Crippen molar-refractivity contribution in [1.82, 2.24) is 15.3 Å². The summed E-state index contributed by atoms with van der Waals surface area (Å²) in [6.07, 6.45) is 5.62. The number of quaternary nitrogens is 1. The highest BCUT2D eigenvalue weighted by atomic mass is 35.5. The number of rotatable bonds is 7. The van der Waals surface area contributed by atoms with Gasteiger partial charge in [0.05, 0.1) is 39.4 Å². The lowest BCUT2D eigenvalue weighted by Gasteiger charge is -2.18. The van der Waals surface area contributed by atoms with Crippen molar-refractivity contribution >= 4 is 50.6 Å². The molecular formula is C28H27Cl3N6O3S. The second-order valence-corrected chi connectivity index (χ2v) is 11.8. The summed E-state index contributed by atoms with van der Waals surface area (Å²) < 4.78 is 28.5. The van der Waals surface area contributed by atoms with Crippen LogP contribution in [0.25, 0.3) is 11.3 Å². The van der Waals surface area contributed by atoms with Gasteiger partial charge in [0, 0.05) is 41.3 Å². The smallest absolute Gasteiger partial charge is 0.319 e. The van der Waals surface area contributed by atoms with Gasteiger partial charge in [-0.2, -0.15) is 0 Å². The molecule has 0 bridgehead atoms. The number of urea groups is 1. The summed E-state index contributed by atoms with van der Waals surface area (Å²) in [5, 5.41) is 8.38. The maximum Gasteiger partial charge on any atom is 0.319 e. The van der Waals surface area contributed by atoms with Gasteiger partial charge in [-0.3, -0.25) is 14.7 Å². The van der Waals surface area contributed by atoms with E-state index in [0.29, 0.717) is 38.2 Å². The highest BCUT2D eigenvalue weighted by molar-refractivity contribution is 7.92. The number of nitrogens with one attached hydrogen (secondary N) is 3. The molecule has 5 rings (SSSR count). The zero-order valence-corrected chi connectivity index (χ0v) is 24.9. The molecule has 1 atom stereocenters. The Hall–Kier alpha value is -3.41. The molecule has 1 aromatic heterocycles. The molecule has 4 aromatic rings. The Balaban J connectivity index is 0.00000387. The van der Waals surface area contributed by atoms with E-state index in [1.165, 1.54) is 29.8 Å². The van der Waals surface area contributed by atoms with Gasteiger partial charge in [-0.25, -0.2) is 13.2 Å². The van der Waals surface area contributed by atoms with Crippen LogP contribution in [0.2, 0.25) is 10.0 Å². The molecule has 41 heavy (non-hydrogen) atoms. The van der Waals surface area contributed by atoms with E-state index < -0.39 is 22.1 Å². The van der Waals surface area contributed by atoms with E-state index in [4.69, 9.17) is 23.2 Å². The first-order valence-electron chi connectivity index (χ1n) is 12.6. The van der Waals surface area contributed by atoms with Gasteiger partial charge in [0.15, 0.2) is 0 Å².